The van der Waals surface area contributed by atoms with E-state index in [2.05, 4.69) is 10.6 Å². The molecule has 24 heavy (non-hydrogen) atoms. The Kier molecular flexibility index (Phi) is 3.42. The lowest BCUT2D eigenvalue weighted by Gasteiger charge is -2.24. The Bertz CT molecular complexity index is 927. The molecule has 0 aliphatic carbocycles. The van der Waals surface area contributed by atoms with Gasteiger partial charge in [-0.25, -0.2) is 4.39 Å². The summed E-state index contributed by atoms with van der Waals surface area (Å²) in [5.74, 6) is 0.848. The van der Waals surface area contributed by atoms with Crippen molar-refractivity contribution in [3.05, 3.63) is 64.0 Å². The molecular weight excluding hydrogens is 327 g/mol. The minimum atomic E-state index is -0.420. The highest BCUT2D eigenvalue weighted by Gasteiger charge is 2.30. The second-order valence-electron chi connectivity index (χ2n) is 5.75. The lowest BCUT2D eigenvalue weighted by molar-refractivity contribution is 0.0931. The van der Waals surface area contributed by atoms with E-state index in [1.54, 1.807) is 23.5 Å². The normalized spacial score (nSPS) is 16.5. The average molecular weight is 342 g/mol. The topological polar surface area (TPSA) is 54.3 Å². The Morgan fingerprint density at radius 2 is 1.83 bits per heavy atom. The van der Waals surface area contributed by atoms with E-state index in [-0.39, 0.29) is 11.7 Å². The maximum atomic E-state index is 13.0. The van der Waals surface area contributed by atoms with Gasteiger partial charge in [0.15, 0.2) is 6.17 Å². The van der Waals surface area contributed by atoms with E-state index >= 15 is 0 Å². The van der Waals surface area contributed by atoms with Gasteiger partial charge in [0.1, 0.15) is 22.3 Å². The largest absolute Gasteiger partial charge is 0.457 e. The molecule has 0 fully saturated rings. The molecule has 2 N–H and O–H groups in total. The van der Waals surface area contributed by atoms with E-state index in [1.165, 1.54) is 12.1 Å². The lowest BCUT2D eigenvalue weighted by atomic mass is 10.1. The molecule has 1 aliphatic heterocycles. The van der Waals surface area contributed by atoms with Gasteiger partial charge in [-0.15, -0.1) is 11.3 Å². The van der Waals surface area contributed by atoms with Crippen LogP contribution in [0.15, 0.2) is 40.8 Å². The van der Waals surface area contributed by atoms with Gasteiger partial charge in [0, 0.05) is 10.4 Å². The zero-order valence-corrected chi connectivity index (χ0v) is 14.0. The summed E-state index contributed by atoms with van der Waals surface area (Å²) in [6.45, 7) is 3.95. The summed E-state index contributed by atoms with van der Waals surface area (Å²) >= 11 is 1.57. The molecule has 0 spiro atoms. The molecule has 4 rings (SSSR count). The third-order valence-corrected chi connectivity index (χ3v) is 5.34. The van der Waals surface area contributed by atoms with E-state index in [0.717, 1.165) is 21.0 Å². The van der Waals surface area contributed by atoms with Crippen molar-refractivity contribution in [3.63, 3.8) is 0 Å². The monoisotopic (exact) mass is 342 g/mol. The van der Waals surface area contributed by atoms with Crippen LogP contribution in [-0.4, -0.2) is 5.91 Å². The molecule has 0 unspecified atom stereocenters. The van der Waals surface area contributed by atoms with Gasteiger partial charge in [0.2, 0.25) is 0 Å². The van der Waals surface area contributed by atoms with Crippen molar-refractivity contribution in [2.24, 2.45) is 0 Å². The van der Waals surface area contributed by atoms with E-state index in [4.69, 9.17) is 4.42 Å². The van der Waals surface area contributed by atoms with Gasteiger partial charge in [-0.2, -0.15) is 0 Å². The number of carbonyl (C=O) groups excluding carboxylic acids is 1. The van der Waals surface area contributed by atoms with E-state index in [1.807, 2.05) is 26.0 Å². The minimum absolute atomic E-state index is 0.102. The van der Waals surface area contributed by atoms with Crippen molar-refractivity contribution in [1.29, 1.82) is 0 Å². The predicted molar refractivity (Wildman–Crippen MR) is 91.7 cm³/mol. The third kappa shape index (κ3) is 2.39. The van der Waals surface area contributed by atoms with Gasteiger partial charge in [-0.1, -0.05) is 0 Å². The van der Waals surface area contributed by atoms with Crippen LogP contribution in [0.25, 0.3) is 11.3 Å². The number of nitrogens with one attached hydrogen (secondary N) is 2. The summed E-state index contributed by atoms with van der Waals surface area (Å²) in [6, 6.07) is 9.74. The fourth-order valence-electron chi connectivity index (χ4n) is 2.79. The van der Waals surface area contributed by atoms with Crippen LogP contribution in [0.3, 0.4) is 0 Å². The average Bonchev–Trinajstić information content (AvgIpc) is 3.14. The molecule has 2 aromatic heterocycles. The summed E-state index contributed by atoms with van der Waals surface area (Å²) in [4.78, 5) is 13.5. The number of hydrogen-bond donors (Lipinski definition) is 2. The molecule has 1 amide bonds. The van der Waals surface area contributed by atoms with Crippen molar-refractivity contribution in [2.45, 2.75) is 20.0 Å². The van der Waals surface area contributed by atoms with Crippen LogP contribution in [0.2, 0.25) is 0 Å². The van der Waals surface area contributed by atoms with Crippen LogP contribution in [-0.2, 0) is 0 Å². The first-order valence-corrected chi connectivity index (χ1v) is 8.37. The first kappa shape index (κ1) is 15.0. The molecule has 122 valence electrons. The minimum Gasteiger partial charge on any atom is -0.457 e. The molecule has 0 saturated carbocycles. The molecule has 1 aromatic carbocycles. The van der Waals surface area contributed by atoms with Crippen LogP contribution >= 0.6 is 11.3 Å². The Hall–Kier alpha value is -2.60. The molecule has 1 atom stereocenters. The zero-order valence-electron chi connectivity index (χ0n) is 13.1. The summed E-state index contributed by atoms with van der Waals surface area (Å²) in [6.07, 6.45) is -0.420. The standard InChI is InChI=1S/C18H15FN2O2S/c1-9-10(2)24-18-15(9)17(22)20-16(21-18)14-8-7-13(23-14)11-3-5-12(19)6-4-11/h3-8,16,21H,1-2H3,(H,20,22)/t16-/m0/s1. The van der Waals surface area contributed by atoms with Gasteiger partial charge >= 0.3 is 0 Å². The van der Waals surface area contributed by atoms with Gasteiger partial charge < -0.3 is 15.1 Å². The van der Waals surface area contributed by atoms with Crippen LogP contribution in [0.5, 0.6) is 0 Å². The predicted octanol–water partition coefficient (Wildman–Crippen LogP) is 4.62. The van der Waals surface area contributed by atoms with E-state index in [9.17, 15) is 9.18 Å². The molecular formula is C18H15FN2O2S. The highest BCUT2D eigenvalue weighted by Crippen LogP contribution is 2.38. The first-order valence-electron chi connectivity index (χ1n) is 7.56. The molecule has 6 heteroatoms. The number of fused-ring (bicyclic) bond motifs is 1. The highest BCUT2D eigenvalue weighted by molar-refractivity contribution is 7.16. The molecule has 3 aromatic rings. The van der Waals surface area contributed by atoms with E-state index in [0.29, 0.717) is 17.1 Å². The summed E-state index contributed by atoms with van der Waals surface area (Å²) in [5, 5.41) is 7.09. The van der Waals surface area contributed by atoms with Crippen molar-refractivity contribution >= 4 is 22.2 Å². The van der Waals surface area contributed by atoms with Gasteiger partial charge in [-0.3, -0.25) is 4.79 Å². The molecule has 0 bridgehead atoms. The zero-order chi connectivity index (χ0) is 16.8. The number of benzene rings is 1. The second-order valence-corrected chi connectivity index (χ2v) is 6.97. The number of thiophene rings is 1. The second kappa shape index (κ2) is 5.49. The number of anilines is 1. The maximum Gasteiger partial charge on any atom is 0.256 e. The molecule has 4 nitrogen and oxygen atoms in total. The summed E-state index contributed by atoms with van der Waals surface area (Å²) in [7, 11) is 0. The first-order chi connectivity index (χ1) is 11.5. The van der Waals surface area contributed by atoms with Gasteiger partial charge in [0.05, 0.1) is 5.56 Å². The van der Waals surface area contributed by atoms with Gasteiger partial charge in [-0.05, 0) is 55.8 Å². The molecule has 3 heterocycles. The Balaban J connectivity index is 1.64. The number of aryl methyl sites for hydroxylation is 1. The number of furan rings is 1. The number of halogens is 1. The van der Waals surface area contributed by atoms with Crippen LogP contribution in [0.1, 0.15) is 32.7 Å². The summed E-state index contributed by atoms with van der Waals surface area (Å²) < 4.78 is 18.9. The number of amides is 1. The van der Waals surface area contributed by atoms with Gasteiger partial charge in [0.25, 0.3) is 5.91 Å². The molecule has 0 radical (unpaired) electrons. The lowest BCUT2D eigenvalue weighted by Crippen LogP contribution is -2.37. The van der Waals surface area contributed by atoms with Crippen molar-refractivity contribution in [1.82, 2.24) is 5.32 Å². The Labute approximate surface area is 142 Å². The smallest absolute Gasteiger partial charge is 0.256 e. The molecule has 0 saturated heterocycles. The number of carbonyl (C=O) groups is 1. The van der Waals surface area contributed by atoms with Crippen LogP contribution < -0.4 is 10.6 Å². The quantitative estimate of drug-likeness (QED) is 0.714. The number of hydrogen-bond acceptors (Lipinski definition) is 4. The summed E-state index contributed by atoms with van der Waals surface area (Å²) in [5.41, 5.74) is 2.50. The van der Waals surface area contributed by atoms with Crippen molar-refractivity contribution < 1.29 is 13.6 Å². The molecule has 1 aliphatic rings. The Morgan fingerprint density at radius 3 is 2.58 bits per heavy atom. The van der Waals surface area contributed by atoms with Crippen LogP contribution in [0, 0.1) is 19.7 Å². The van der Waals surface area contributed by atoms with Crippen LogP contribution in [0.4, 0.5) is 9.39 Å². The Morgan fingerprint density at radius 1 is 1.08 bits per heavy atom. The SMILES string of the molecule is Cc1sc2c(c1C)C(=O)N[C@H](c1ccc(-c3ccc(F)cc3)o1)N2. The number of rotatable bonds is 2. The third-order valence-electron chi connectivity index (χ3n) is 4.20. The van der Waals surface area contributed by atoms with Crippen molar-refractivity contribution in [3.8, 4) is 11.3 Å². The highest BCUT2D eigenvalue weighted by atomic mass is 32.1. The maximum absolute atomic E-state index is 13.0. The van der Waals surface area contributed by atoms with E-state index < -0.39 is 6.17 Å². The van der Waals surface area contributed by atoms with Crippen molar-refractivity contribution in [2.75, 3.05) is 5.32 Å². The fraction of sp³-hybridized carbons (Fsp3) is 0.167. The fourth-order valence-corrected chi connectivity index (χ4v) is 3.88.